The summed E-state index contributed by atoms with van der Waals surface area (Å²) < 4.78 is 5.08. The van der Waals surface area contributed by atoms with Gasteiger partial charge in [-0.25, -0.2) is 4.79 Å². The zero-order valence-electron chi connectivity index (χ0n) is 17.0. The number of benzene rings is 2. The molecular formula is C23H20Cl2N2O5. The highest BCUT2D eigenvalue weighted by molar-refractivity contribution is 6.35. The normalized spacial score (nSPS) is 20.1. The number of fused-ring (bicyclic) bond motifs is 1. The topological polar surface area (TPSA) is 92.8 Å². The van der Waals surface area contributed by atoms with Crippen molar-refractivity contribution in [3.63, 3.8) is 0 Å². The fourth-order valence-electron chi connectivity index (χ4n) is 4.18. The number of carbonyl (C=O) groups excluding carboxylic acids is 4. The highest BCUT2D eigenvalue weighted by Gasteiger charge is 2.48. The molecule has 1 saturated heterocycles. The smallest absolute Gasteiger partial charge is 0.338 e. The van der Waals surface area contributed by atoms with E-state index in [1.807, 2.05) is 0 Å². The van der Waals surface area contributed by atoms with Gasteiger partial charge in [-0.3, -0.25) is 19.3 Å². The average Bonchev–Trinajstić information content (AvgIpc) is 3.05. The summed E-state index contributed by atoms with van der Waals surface area (Å²) in [6.07, 6.45) is 3.28. The molecule has 0 aromatic heterocycles. The number of nitrogens with zero attached hydrogens (tertiary/aromatic N) is 1. The van der Waals surface area contributed by atoms with E-state index in [4.69, 9.17) is 27.9 Å². The molecule has 1 aliphatic carbocycles. The molecule has 0 spiro atoms. The van der Waals surface area contributed by atoms with Crippen molar-refractivity contribution in [2.75, 3.05) is 16.8 Å². The maximum absolute atomic E-state index is 12.8. The van der Waals surface area contributed by atoms with Gasteiger partial charge in [0.2, 0.25) is 11.8 Å². The molecule has 2 aromatic rings. The minimum atomic E-state index is -0.754. The maximum Gasteiger partial charge on any atom is 0.338 e. The van der Waals surface area contributed by atoms with Gasteiger partial charge in [0.25, 0.3) is 5.91 Å². The third-order valence-electron chi connectivity index (χ3n) is 5.72. The predicted molar refractivity (Wildman–Crippen MR) is 120 cm³/mol. The first kappa shape index (κ1) is 22.3. The van der Waals surface area contributed by atoms with Crippen LogP contribution in [0.4, 0.5) is 11.4 Å². The molecule has 0 unspecified atom stereocenters. The summed E-state index contributed by atoms with van der Waals surface area (Å²) >= 11 is 11.9. The number of rotatable bonds is 5. The van der Waals surface area contributed by atoms with Gasteiger partial charge in [-0.05, 0) is 49.2 Å². The Morgan fingerprint density at radius 3 is 2.38 bits per heavy atom. The lowest BCUT2D eigenvalue weighted by molar-refractivity contribution is -0.122. The van der Waals surface area contributed by atoms with E-state index in [0.29, 0.717) is 34.3 Å². The monoisotopic (exact) mass is 474 g/mol. The van der Waals surface area contributed by atoms with Gasteiger partial charge in [-0.1, -0.05) is 42.1 Å². The van der Waals surface area contributed by atoms with Crippen molar-refractivity contribution in [1.29, 1.82) is 0 Å². The van der Waals surface area contributed by atoms with E-state index >= 15 is 0 Å². The van der Waals surface area contributed by atoms with Crippen LogP contribution in [0.3, 0.4) is 0 Å². The summed E-state index contributed by atoms with van der Waals surface area (Å²) in [6, 6.07) is 10.7. The van der Waals surface area contributed by atoms with Crippen molar-refractivity contribution in [3.05, 3.63) is 58.1 Å². The van der Waals surface area contributed by atoms with Gasteiger partial charge < -0.3 is 10.1 Å². The quantitative estimate of drug-likeness (QED) is 0.509. The van der Waals surface area contributed by atoms with Crippen molar-refractivity contribution in [2.45, 2.75) is 25.7 Å². The van der Waals surface area contributed by atoms with Crippen molar-refractivity contribution >= 4 is 58.3 Å². The van der Waals surface area contributed by atoms with Crippen LogP contribution in [-0.2, 0) is 19.1 Å². The molecule has 7 nitrogen and oxygen atoms in total. The van der Waals surface area contributed by atoms with Crippen molar-refractivity contribution in [1.82, 2.24) is 0 Å². The molecule has 1 heterocycles. The highest BCUT2D eigenvalue weighted by Crippen LogP contribution is 2.40. The molecule has 2 fully saturated rings. The Bertz CT molecular complexity index is 1080. The fourth-order valence-corrected chi connectivity index (χ4v) is 4.52. The molecule has 2 atom stereocenters. The van der Waals surface area contributed by atoms with E-state index < -0.39 is 18.5 Å². The number of halogens is 2. The summed E-state index contributed by atoms with van der Waals surface area (Å²) in [5.41, 5.74) is 0.764. The molecule has 0 radical (unpaired) electrons. The molecule has 1 aliphatic heterocycles. The van der Waals surface area contributed by atoms with E-state index in [1.165, 1.54) is 29.2 Å². The van der Waals surface area contributed by atoms with Crippen molar-refractivity contribution in [3.8, 4) is 0 Å². The van der Waals surface area contributed by atoms with E-state index in [-0.39, 0.29) is 29.2 Å². The Balaban J connectivity index is 1.41. The lowest BCUT2D eigenvalue weighted by Crippen LogP contribution is -2.31. The van der Waals surface area contributed by atoms with Crippen LogP contribution < -0.4 is 10.2 Å². The van der Waals surface area contributed by atoms with Gasteiger partial charge in [0.1, 0.15) is 0 Å². The largest absolute Gasteiger partial charge is 0.452 e. The number of amides is 3. The van der Waals surface area contributed by atoms with Gasteiger partial charge >= 0.3 is 5.97 Å². The number of esters is 1. The number of ether oxygens (including phenoxy) is 1. The molecule has 3 amide bonds. The zero-order valence-corrected chi connectivity index (χ0v) is 18.5. The molecule has 166 valence electrons. The van der Waals surface area contributed by atoms with Gasteiger partial charge in [0.05, 0.1) is 33.8 Å². The SMILES string of the molecule is O=C(COC(=O)c1cccc(N2C(=O)[C@H]3CCCC[C@H]3C2=O)c1)Nc1cc(Cl)ccc1Cl. The van der Waals surface area contributed by atoms with E-state index in [0.717, 1.165) is 12.8 Å². The fraction of sp³-hybridized carbons (Fsp3) is 0.304. The predicted octanol–water partition coefficient (Wildman–Crippen LogP) is 4.47. The maximum atomic E-state index is 12.8. The number of hydrogen-bond donors (Lipinski definition) is 1. The second-order valence-corrected chi connectivity index (χ2v) is 8.65. The van der Waals surface area contributed by atoms with Crippen LogP contribution in [-0.4, -0.2) is 30.3 Å². The molecule has 2 aromatic carbocycles. The van der Waals surface area contributed by atoms with E-state index in [9.17, 15) is 19.2 Å². The summed E-state index contributed by atoms with van der Waals surface area (Å²) in [5.74, 6) is -2.35. The number of imide groups is 1. The third-order valence-corrected chi connectivity index (χ3v) is 6.28. The van der Waals surface area contributed by atoms with Crippen molar-refractivity contribution in [2.24, 2.45) is 11.8 Å². The van der Waals surface area contributed by atoms with Crippen LogP contribution in [0, 0.1) is 11.8 Å². The second-order valence-electron chi connectivity index (χ2n) is 7.81. The molecule has 0 bridgehead atoms. The summed E-state index contributed by atoms with van der Waals surface area (Å²) in [6.45, 7) is -0.544. The van der Waals surface area contributed by atoms with Crippen LogP contribution in [0.5, 0.6) is 0 Å². The first-order valence-corrected chi connectivity index (χ1v) is 11.0. The number of anilines is 2. The van der Waals surface area contributed by atoms with Crippen LogP contribution in [0.2, 0.25) is 10.0 Å². The molecule has 9 heteroatoms. The first-order chi connectivity index (χ1) is 15.3. The van der Waals surface area contributed by atoms with Crippen LogP contribution >= 0.6 is 23.2 Å². The molecular weight excluding hydrogens is 455 g/mol. The van der Waals surface area contributed by atoms with Crippen LogP contribution in [0.1, 0.15) is 36.0 Å². The van der Waals surface area contributed by atoms with Crippen molar-refractivity contribution < 1.29 is 23.9 Å². The lowest BCUT2D eigenvalue weighted by atomic mass is 9.81. The highest BCUT2D eigenvalue weighted by atomic mass is 35.5. The van der Waals surface area contributed by atoms with Gasteiger partial charge in [-0.15, -0.1) is 0 Å². The minimum absolute atomic E-state index is 0.131. The molecule has 1 N–H and O–H groups in total. The van der Waals surface area contributed by atoms with Crippen LogP contribution in [0.25, 0.3) is 0 Å². The summed E-state index contributed by atoms with van der Waals surface area (Å²) in [5, 5.41) is 3.21. The Labute approximate surface area is 194 Å². The zero-order chi connectivity index (χ0) is 22.8. The van der Waals surface area contributed by atoms with Crippen LogP contribution in [0.15, 0.2) is 42.5 Å². The standard InChI is InChI=1S/C23H20Cl2N2O5/c24-14-8-9-18(25)19(11-14)26-20(28)12-32-23(31)13-4-3-5-15(10-13)27-21(29)16-6-1-2-7-17(16)22(27)30/h3-5,8-11,16-17H,1-2,6-7,12H2,(H,26,28)/t16-,17+. The van der Waals surface area contributed by atoms with E-state index in [1.54, 1.807) is 18.2 Å². The van der Waals surface area contributed by atoms with E-state index in [2.05, 4.69) is 5.32 Å². The Kier molecular flexibility index (Phi) is 6.48. The molecule has 2 aliphatic rings. The Morgan fingerprint density at radius 1 is 1.00 bits per heavy atom. The van der Waals surface area contributed by atoms with Gasteiger partial charge in [0.15, 0.2) is 6.61 Å². The average molecular weight is 475 g/mol. The summed E-state index contributed by atoms with van der Waals surface area (Å²) in [7, 11) is 0. The van der Waals surface area contributed by atoms with Gasteiger partial charge in [0, 0.05) is 5.02 Å². The first-order valence-electron chi connectivity index (χ1n) is 10.2. The Morgan fingerprint density at radius 2 is 1.69 bits per heavy atom. The third kappa shape index (κ3) is 4.49. The molecule has 32 heavy (non-hydrogen) atoms. The number of nitrogens with one attached hydrogen (secondary N) is 1. The number of carbonyl (C=O) groups is 4. The van der Waals surface area contributed by atoms with Gasteiger partial charge in [-0.2, -0.15) is 0 Å². The second kappa shape index (κ2) is 9.30. The summed E-state index contributed by atoms with van der Waals surface area (Å²) in [4.78, 5) is 51.3. The minimum Gasteiger partial charge on any atom is -0.452 e. The lowest BCUT2D eigenvalue weighted by Gasteiger charge is -2.19. The Hall–Kier alpha value is -2.90. The number of hydrogen-bond acceptors (Lipinski definition) is 5. The molecule has 1 saturated carbocycles. The molecule has 4 rings (SSSR count).